The highest BCUT2D eigenvalue weighted by molar-refractivity contribution is 7.92. The van der Waals surface area contributed by atoms with Crippen molar-refractivity contribution in [1.82, 2.24) is 0 Å². The Labute approximate surface area is 120 Å². The summed E-state index contributed by atoms with van der Waals surface area (Å²) in [6.45, 7) is 0. The van der Waals surface area contributed by atoms with Gasteiger partial charge in [0.1, 0.15) is 4.90 Å². The summed E-state index contributed by atoms with van der Waals surface area (Å²) in [5, 5.41) is -0.764. The minimum Gasteiger partial charge on any atom is -0.280 e. The summed E-state index contributed by atoms with van der Waals surface area (Å²) in [6, 6.07) is 10.5. The molecule has 0 saturated heterocycles. The lowest BCUT2D eigenvalue weighted by Crippen LogP contribution is -2.13. The van der Waals surface area contributed by atoms with Crippen molar-refractivity contribution < 1.29 is 12.8 Å². The first-order valence-electron chi connectivity index (χ1n) is 5.13. The van der Waals surface area contributed by atoms with Crippen LogP contribution in [0.15, 0.2) is 47.4 Å². The number of anilines is 1. The number of halogens is 3. The molecule has 0 aliphatic heterocycles. The molecule has 2 aromatic carbocycles. The second kappa shape index (κ2) is 5.36. The van der Waals surface area contributed by atoms with Gasteiger partial charge in [0.2, 0.25) is 0 Å². The molecule has 3 nitrogen and oxygen atoms in total. The molecule has 1 N–H and O–H groups in total. The van der Waals surface area contributed by atoms with Crippen LogP contribution in [0.3, 0.4) is 0 Å². The molecule has 0 amide bonds. The fraction of sp³-hybridized carbons (Fsp3) is 0. The summed E-state index contributed by atoms with van der Waals surface area (Å²) in [7, 11) is -3.96. The van der Waals surface area contributed by atoms with Crippen molar-refractivity contribution in [1.29, 1.82) is 0 Å². The van der Waals surface area contributed by atoms with E-state index in [9.17, 15) is 12.8 Å². The second-order valence-electron chi connectivity index (χ2n) is 3.65. The molecule has 0 aliphatic rings. The summed E-state index contributed by atoms with van der Waals surface area (Å²) >= 11 is 11.2. The number of hydrogen-bond donors (Lipinski definition) is 1. The third-order valence-electron chi connectivity index (χ3n) is 2.32. The van der Waals surface area contributed by atoms with Gasteiger partial charge in [0, 0.05) is 5.69 Å². The van der Waals surface area contributed by atoms with Crippen molar-refractivity contribution in [3.8, 4) is 0 Å². The van der Waals surface area contributed by atoms with E-state index in [0.29, 0.717) is 5.69 Å². The Bertz CT molecular complexity index is 705. The van der Waals surface area contributed by atoms with Crippen molar-refractivity contribution >= 4 is 38.9 Å². The Kier molecular flexibility index (Phi) is 3.99. The number of para-hydroxylation sites is 1. The maximum atomic E-state index is 13.5. The lowest BCUT2D eigenvalue weighted by Gasteiger charge is -2.10. The van der Waals surface area contributed by atoms with Crippen LogP contribution in [0.1, 0.15) is 0 Å². The van der Waals surface area contributed by atoms with Gasteiger partial charge >= 0.3 is 0 Å². The van der Waals surface area contributed by atoms with Crippen molar-refractivity contribution in [2.75, 3.05) is 4.72 Å². The first kappa shape index (κ1) is 14.1. The predicted molar refractivity (Wildman–Crippen MR) is 73.7 cm³/mol. The number of benzene rings is 2. The molecule has 0 atom stereocenters. The molecule has 0 radical (unpaired) electrons. The van der Waals surface area contributed by atoms with Crippen LogP contribution in [0.4, 0.5) is 10.1 Å². The zero-order valence-electron chi connectivity index (χ0n) is 9.40. The predicted octanol–water partition coefficient (Wildman–Crippen LogP) is 3.93. The van der Waals surface area contributed by atoms with E-state index in [1.165, 1.54) is 0 Å². The van der Waals surface area contributed by atoms with E-state index < -0.39 is 20.9 Å². The van der Waals surface area contributed by atoms with Gasteiger partial charge in [-0.2, -0.15) is 0 Å². The molecule has 0 unspecified atom stereocenters. The lowest BCUT2D eigenvalue weighted by molar-refractivity contribution is 0.595. The monoisotopic (exact) mass is 319 g/mol. The number of hydrogen-bond acceptors (Lipinski definition) is 2. The molecular weight excluding hydrogens is 312 g/mol. The third kappa shape index (κ3) is 3.00. The SMILES string of the molecule is O=S(=O)(Nc1ccccc1)c1ccc(Cl)c(F)c1Cl. The molecule has 0 bridgehead atoms. The van der Waals surface area contributed by atoms with E-state index in [2.05, 4.69) is 4.72 Å². The smallest absolute Gasteiger partial charge is 0.263 e. The van der Waals surface area contributed by atoms with E-state index >= 15 is 0 Å². The first-order chi connectivity index (χ1) is 8.92. The Morgan fingerprint density at radius 3 is 2.26 bits per heavy atom. The maximum Gasteiger partial charge on any atom is 0.263 e. The van der Waals surface area contributed by atoms with Crippen LogP contribution in [0.5, 0.6) is 0 Å². The largest absolute Gasteiger partial charge is 0.280 e. The Hall–Kier alpha value is -1.30. The van der Waals surface area contributed by atoms with Crippen LogP contribution in [0.2, 0.25) is 10.0 Å². The van der Waals surface area contributed by atoms with Crippen molar-refractivity contribution in [2.45, 2.75) is 4.90 Å². The van der Waals surface area contributed by atoms with E-state index in [0.717, 1.165) is 12.1 Å². The van der Waals surface area contributed by atoms with Crippen molar-refractivity contribution in [3.63, 3.8) is 0 Å². The Morgan fingerprint density at radius 1 is 1.00 bits per heavy atom. The normalized spacial score (nSPS) is 11.3. The van der Waals surface area contributed by atoms with Gasteiger partial charge in [-0.3, -0.25) is 4.72 Å². The maximum absolute atomic E-state index is 13.5. The minimum atomic E-state index is -3.96. The molecule has 0 spiro atoms. The van der Waals surface area contributed by atoms with E-state index in [1.807, 2.05) is 0 Å². The van der Waals surface area contributed by atoms with Crippen LogP contribution in [0.25, 0.3) is 0 Å². The zero-order chi connectivity index (χ0) is 14.0. The summed E-state index contributed by atoms with van der Waals surface area (Å²) < 4.78 is 40.0. The minimum absolute atomic E-state index is 0.233. The highest BCUT2D eigenvalue weighted by atomic mass is 35.5. The Balaban J connectivity index is 2.44. The standard InChI is InChI=1S/C12H8Cl2FNO2S/c13-9-6-7-10(11(14)12(9)15)19(17,18)16-8-4-2-1-3-5-8/h1-7,16H. The average molecular weight is 320 g/mol. The van der Waals surface area contributed by atoms with Gasteiger partial charge in [-0.1, -0.05) is 41.4 Å². The zero-order valence-corrected chi connectivity index (χ0v) is 11.7. The lowest BCUT2D eigenvalue weighted by atomic mass is 10.3. The van der Waals surface area contributed by atoms with E-state index in [-0.39, 0.29) is 9.92 Å². The molecular formula is C12H8Cl2FNO2S. The summed E-state index contributed by atoms with van der Waals surface area (Å²) in [5.41, 5.74) is 0.355. The van der Waals surface area contributed by atoms with Gasteiger partial charge < -0.3 is 0 Å². The number of nitrogens with one attached hydrogen (secondary N) is 1. The van der Waals surface area contributed by atoms with Crippen molar-refractivity contribution in [3.05, 3.63) is 58.3 Å². The van der Waals surface area contributed by atoms with Crippen LogP contribution in [-0.4, -0.2) is 8.42 Å². The second-order valence-corrected chi connectivity index (χ2v) is 6.08. The number of rotatable bonds is 3. The fourth-order valence-electron chi connectivity index (χ4n) is 1.43. The molecule has 2 rings (SSSR count). The molecule has 19 heavy (non-hydrogen) atoms. The van der Waals surface area contributed by atoms with E-state index in [4.69, 9.17) is 23.2 Å². The molecule has 0 aliphatic carbocycles. The van der Waals surface area contributed by atoms with Crippen molar-refractivity contribution in [2.24, 2.45) is 0 Å². The number of sulfonamides is 1. The molecule has 0 heterocycles. The fourth-order valence-corrected chi connectivity index (χ4v) is 3.24. The molecule has 7 heteroatoms. The topological polar surface area (TPSA) is 46.2 Å². The van der Waals surface area contributed by atoms with Crippen LogP contribution in [-0.2, 0) is 10.0 Å². The van der Waals surface area contributed by atoms with Gasteiger partial charge in [-0.25, -0.2) is 12.8 Å². The summed E-state index contributed by atoms with van der Waals surface area (Å²) in [5.74, 6) is -0.959. The van der Waals surface area contributed by atoms with Crippen LogP contribution < -0.4 is 4.72 Å². The summed E-state index contributed by atoms with van der Waals surface area (Å²) in [6.07, 6.45) is 0. The molecule has 0 saturated carbocycles. The Morgan fingerprint density at radius 2 is 1.63 bits per heavy atom. The molecule has 2 aromatic rings. The summed E-state index contributed by atoms with van der Waals surface area (Å²) in [4.78, 5) is -0.361. The van der Waals surface area contributed by atoms with Gasteiger partial charge in [0.25, 0.3) is 10.0 Å². The van der Waals surface area contributed by atoms with Gasteiger partial charge in [0.15, 0.2) is 5.82 Å². The average Bonchev–Trinajstić information content (AvgIpc) is 2.36. The molecule has 0 aromatic heterocycles. The third-order valence-corrected chi connectivity index (χ3v) is 4.51. The van der Waals surface area contributed by atoms with Gasteiger partial charge in [-0.05, 0) is 24.3 Å². The highest BCUT2D eigenvalue weighted by Gasteiger charge is 2.21. The van der Waals surface area contributed by atoms with Crippen LogP contribution >= 0.6 is 23.2 Å². The van der Waals surface area contributed by atoms with Crippen LogP contribution in [0, 0.1) is 5.82 Å². The van der Waals surface area contributed by atoms with Gasteiger partial charge in [0.05, 0.1) is 10.0 Å². The quantitative estimate of drug-likeness (QED) is 0.871. The highest BCUT2D eigenvalue weighted by Crippen LogP contribution is 2.30. The van der Waals surface area contributed by atoms with Gasteiger partial charge in [-0.15, -0.1) is 0 Å². The molecule has 100 valence electrons. The molecule has 0 fully saturated rings. The van der Waals surface area contributed by atoms with E-state index in [1.54, 1.807) is 30.3 Å². The first-order valence-corrected chi connectivity index (χ1v) is 7.37.